The SMILES string of the molecule is NC(=S)N/N=C/CCC1CCCCC1. The molecule has 1 fully saturated rings. The van der Waals surface area contributed by atoms with Gasteiger partial charge in [-0.15, -0.1) is 0 Å². The summed E-state index contributed by atoms with van der Waals surface area (Å²) in [6.07, 6.45) is 11.2. The molecule has 4 heteroatoms. The number of thiocarbonyl (C=S) groups is 1. The van der Waals surface area contributed by atoms with Crippen molar-refractivity contribution in [3.8, 4) is 0 Å². The molecule has 1 aliphatic carbocycles. The lowest BCUT2D eigenvalue weighted by molar-refractivity contribution is 0.344. The van der Waals surface area contributed by atoms with E-state index in [9.17, 15) is 0 Å². The van der Waals surface area contributed by atoms with Crippen LogP contribution in [0.3, 0.4) is 0 Å². The van der Waals surface area contributed by atoms with Crippen LogP contribution in [0.5, 0.6) is 0 Å². The van der Waals surface area contributed by atoms with Crippen molar-refractivity contribution in [2.45, 2.75) is 44.9 Å². The van der Waals surface area contributed by atoms with Crippen LogP contribution in [0.1, 0.15) is 44.9 Å². The first-order chi connectivity index (χ1) is 6.79. The normalized spacial score (nSPS) is 18.6. The van der Waals surface area contributed by atoms with Gasteiger partial charge < -0.3 is 5.73 Å². The summed E-state index contributed by atoms with van der Waals surface area (Å²) in [5.41, 5.74) is 7.79. The zero-order valence-corrected chi connectivity index (χ0v) is 9.35. The van der Waals surface area contributed by atoms with Crippen molar-refractivity contribution in [2.24, 2.45) is 16.8 Å². The highest BCUT2D eigenvalue weighted by Crippen LogP contribution is 2.26. The quantitative estimate of drug-likeness (QED) is 0.427. The molecule has 0 saturated heterocycles. The number of nitrogens with two attached hydrogens (primary N) is 1. The van der Waals surface area contributed by atoms with E-state index in [0.717, 1.165) is 12.3 Å². The fourth-order valence-corrected chi connectivity index (χ4v) is 2.01. The van der Waals surface area contributed by atoms with Crippen molar-refractivity contribution in [3.05, 3.63) is 0 Å². The van der Waals surface area contributed by atoms with Gasteiger partial charge in [0, 0.05) is 6.21 Å². The van der Waals surface area contributed by atoms with E-state index in [1.54, 1.807) is 0 Å². The molecule has 0 aromatic heterocycles. The summed E-state index contributed by atoms with van der Waals surface area (Å²) in [5.74, 6) is 0.917. The Hall–Kier alpha value is -0.640. The van der Waals surface area contributed by atoms with Crippen LogP contribution in [0, 0.1) is 5.92 Å². The Balaban J connectivity index is 2.02. The second-order valence-corrected chi connectivity index (χ2v) is 4.31. The van der Waals surface area contributed by atoms with Gasteiger partial charge >= 0.3 is 0 Å². The van der Waals surface area contributed by atoms with Crippen molar-refractivity contribution >= 4 is 23.5 Å². The predicted octanol–water partition coefficient (Wildman–Crippen LogP) is 2.17. The average molecular weight is 213 g/mol. The van der Waals surface area contributed by atoms with E-state index in [0.29, 0.717) is 0 Å². The van der Waals surface area contributed by atoms with Crippen molar-refractivity contribution < 1.29 is 0 Å². The molecule has 0 aliphatic heterocycles. The third-order valence-electron chi connectivity index (χ3n) is 2.69. The highest BCUT2D eigenvalue weighted by Gasteiger charge is 2.11. The zero-order chi connectivity index (χ0) is 10.2. The van der Waals surface area contributed by atoms with E-state index < -0.39 is 0 Å². The van der Waals surface area contributed by atoms with Crippen LogP contribution >= 0.6 is 12.2 Å². The molecule has 3 nitrogen and oxygen atoms in total. The van der Waals surface area contributed by atoms with Gasteiger partial charge in [-0.05, 0) is 31.0 Å². The van der Waals surface area contributed by atoms with E-state index in [2.05, 4.69) is 22.7 Å². The smallest absolute Gasteiger partial charge is 0.184 e. The maximum absolute atomic E-state index is 5.22. The summed E-state index contributed by atoms with van der Waals surface area (Å²) in [6, 6.07) is 0. The minimum absolute atomic E-state index is 0.235. The maximum Gasteiger partial charge on any atom is 0.184 e. The molecular weight excluding hydrogens is 194 g/mol. The molecule has 0 aromatic rings. The van der Waals surface area contributed by atoms with Crippen molar-refractivity contribution in [2.75, 3.05) is 0 Å². The second-order valence-electron chi connectivity index (χ2n) is 3.87. The number of hydrogen-bond acceptors (Lipinski definition) is 2. The van der Waals surface area contributed by atoms with Gasteiger partial charge in [0.05, 0.1) is 0 Å². The number of nitrogens with zero attached hydrogens (tertiary/aromatic N) is 1. The Labute approximate surface area is 91.1 Å². The summed E-state index contributed by atoms with van der Waals surface area (Å²) in [6.45, 7) is 0. The standard InChI is InChI=1S/C10H19N3S/c11-10(14)13-12-8-4-7-9-5-2-1-3-6-9/h8-9H,1-7H2,(H3,11,13,14)/b12-8+. The minimum atomic E-state index is 0.235. The largest absolute Gasteiger partial charge is 0.375 e. The molecule has 1 saturated carbocycles. The molecule has 0 unspecified atom stereocenters. The Morgan fingerprint density at radius 2 is 2.14 bits per heavy atom. The van der Waals surface area contributed by atoms with E-state index >= 15 is 0 Å². The molecule has 0 aromatic carbocycles. The molecule has 0 heterocycles. The van der Waals surface area contributed by atoms with Crippen LogP contribution in [0.2, 0.25) is 0 Å². The highest BCUT2D eigenvalue weighted by atomic mass is 32.1. The Bertz CT molecular complexity index is 198. The van der Waals surface area contributed by atoms with Gasteiger partial charge in [0.2, 0.25) is 0 Å². The highest BCUT2D eigenvalue weighted by molar-refractivity contribution is 7.80. The topological polar surface area (TPSA) is 50.4 Å². The van der Waals surface area contributed by atoms with Gasteiger partial charge in [0.15, 0.2) is 5.11 Å². The fourth-order valence-electron chi connectivity index (χ4n) is 1.96. The van der Waals surface area contributed by atoms with E-state index in [1.807, 2.05) is 6.21 Å². The van der Waals surface area contributed by atoms with Crippen LogP contribution in [0.4, 0.5) is 0 Å². The first kappa shape index (κ1) is 11.4. The summed E-state index contributed by atoms with van der Waals surface area (Å²) in [5, 5.41) is 4.15. The monoisotopic (exact) mass is 213 g/mol. The van der Waals surface area contributed by atoms with E-state index in [4.69, 9.17) is 5.73 Å². The Morgan fingerprint density at radius 1 is 1.43 bits per heavy atom. The molecule has 1 aliphatic rings. The molecule has 14 heavy (non-hydrogen) atoms. The maximum atomic E-state index is 5.22. The van der Waals surface area contributed by atoms with Crippen molar-refractivity contribution in [3.63, 3.8) is 0 Å². The van der Waals surface area contributed by atoms with E-state index in [-0.39, 0.29) is 5.11 Å². The van der Waals surface area contributed by atoms with Crippen molar-refractivity contribution in [1.29, 1.82) is 0 Å². The number of rotatable bonds is 4. The fraction of sp³-hybridized carbons (Fsp3) is 0.800. The average Bonchev–Trinajstić information content (AvgIpc) is 2.18. The third-order valence-corrected chi connectivity index (χ3v) is 2.79. The predicted molar refractivity (Wildman–Crippen MR) is 64.2 cm³/mol. The summed E-state index contributed by atoms with van der Waals surface area (Å²) in [4.78, 5) is 0. The van der Waals surface area contributed by atoms with Gasteiger partial charge in [-0.25, -0.2) is 0 Å². The van der Waals surface area contributed by atoms with Crippen molar-refractivity contribution in [1.82, 2.24) is 5.43 Å². The van der Waals surface area contributed by atoms with Crippen LogP contribution in [-0.2, 0) is 0 Å². The minimum Gasteiger partial charge on any atom is -0.375 e. The molecule has 0 amide bonds. The first-order valence-electron chi connectivity index (χ1n) is 5.36. The van der Waals surface area contributed by atoms with Gasteiger partial charge in [0.25, 0.3) is 0 Å². The van der Waals surface area contributed by atoms with Gasteiger partial charge in [-0.2, -0.15) is 5.10 Å². The summed E-state index contributed by atoms with van der Waals surface area (Å²) >= 11 is 4.62. The molecular formula is C10H19N3S. The molecule has 0 atom stereocenters. The van der Waals surface area contributed by atoms with Gasteiger partial charge in [-0.3, -0.25) is 5.43 Å². The molecule has 1 rings (SSSR count). The van der Waals surface area contributed by atoms with Crippen LogP contribution in [0.25, 0.3) is 0 Å². The second kappa shape index (κ2) is 6.76. The Kier molecular flexibility index (Phi) is 5.52. The van der Waals surface area contributed by atoms with Gasteiger partial charge in [0.1, 0.15) is 0 Å². The number of hydrazone groups is 1. The summed E-state index contributed by atoms with van der Waals surface area (Å²) in [7, 11) is 0. The van der Waals surface area contributed by atoms with Gasteiger partial charge in [-0.1, -0.05) is 32.1 Å². The Morgan fingerprint density at radius 3 is 2.79 bits per heavy atom. The number of nitrogens with one attached hydrogen (secondary N) is 1. The third kappa shape index (κ3) is 5.17. The lowest BCUT2D eigenvalue weighted by Crippen LogP contribution is -2.23. The first-order valence-corrected chi connectivity index (χ1v) is 5.77. The lowest BCUT2D eigenvalue weighted by Gasteiger charge is -2.20. The van der Waals surface area contributed by atoms with E-state index in [1.165, 1.54) is 38.5 Å². The molecule has 3 N–H and O–H groups in total. The zero-order valence-electron chi connectivity index (χ0n) is 8.54. The molecule has 80 valence electrons. The molecule has 0 spiro atoms. The van der Waals surface area contributed by atoms with Crippen LogP contribution in [0.15, 0.2) is 5.10 Å². The lowest BCUT2D eigenvalue weighted by atomic mass is 9.86. The molecule has 0 radical (unpaired) electrons. The number of hydrogen-bond donors (Lipinski definition) is 2. The molecule has 0 bridgehead atoms. The van der Waals surface area contributed by atoms with Crippen LogP contribution in [-0.4, -0.2) is 11.3 Å². The summed E-state index contributed by atoms with van der Waals surface area (Å²) < 4.78 is 0. The van der Waals surface area contributed by atoms with Crippen LogP contribution < -0.4 is 11.2 Å².